The van der Waals surface area contributed by atoms with Gasteiger partial charge >= 0.3 is 0 Å². The van der Waals surface area contributed by atoms with Crippen LogP contribution in [0.25, 0.3) is 10.9 Å². The average Bonchev–Trinajstić information content (AvgIpc) is 2.78. The molecular formula is C17H24N2O. The highest BCUT2D eigenvalue weighted by Crippen LogP contribution is 2.30. The van der Waals surface area contributed by atoms with Crippen molar-refractivity contribution in [3.05, 3.63) is 35.0 Å². The number of aliphatic hydroxyl groups is 1. The summed E-state index contributed by atoms with van der Waals surface area (Å²) in [6.45, 7) is 7.17. The molecule has 20 heavy (non-hydrogen) atoms. The van der Waals surface area contributed by atoms with E-state index in [4.69, 9.17) is 0 Å². The van der Waals surface area contributed by atoms with Crippen molar-refractivity contribution in [2.75, 3.05) is 19.6 Å². The number of para-hydroxylation sites is 1. The third kappa shape index (κ3) is 2.48. The smallest absolute Gasteiger partial charge is 0.0940 e. The lowest BCUT2D eigenvalue weighted by Gasteiger charge is -2.28. The van der Waals surface area contributed by atoms with Crippen LogP contribution in [0.2, 0.25) is 0 Å². The number of piperidine rings is 1. The summed E-state index contributed by atoms with van der Waals surface area (Å²) in [6, 6.07) is 6.29. The summed E-state index contributed by atoms with van der Waals surface area (Å²) >= 11 is 0. The van der Waals surface area contributed by atoms with Crippen molar-refractivity contribution in [1.82, 2.24) is 9.88 Å². The van der Waals surface area contributed by atoms with Crippen LogP contribution in [0.1, 0.15) is 42.2 Å². The van der Waals surface area contributed by atoms with Crippen molar-refractivity contribution in [2.24, 2.45) is 0 Å². The number of β-amino-alcohol motifs (C(OH)–C–C–N with tert-alkyl or cyclic N) is 1. The van der Waals surface area contributed by atoms with Gasteiger partial charge in [-0.05, 0) is 45.3 Å². The lowest BCUT2D eigenvalue weighted by molar-refractivity contribution is 0.102. The van der Waals surface area contributed by atoms with Gasteiger partial charge in [0.25, 0.3) is 0 Å². The number of rotatable bonds is 3. The average molecular weight is 272 g/mol. The topological polar surface area (TPSA) is 39.3 Å². The van der Waals surface area contributed by atoms with Crippen molar-refractivity contribution in [3.8, 4) is 0 Å². The predicted molar refractivity (Wildman–Crippen MR) is 83.0 cm³/mol. The largest absolute Gasteiger partial charge is 0.387 e. The van der Waals surface area contributed by atoms with Gasteiger partial charge in [-0.2, -0.15) is 0 Å². The van der Waals surface area contributed by atoms with Crippen molar-refractivity contribution in [3.63, 3.8) is 0 Å². The fourth-order valence-corrected chi connectivity index (χ4v) is 3.42. The highest BCUT2D eigenvalue weighted by molar-refractivity contribution is 5.87. The highest BCUT2D eigenvalue weighted by atomic mass is 16.3. The Kier molecular flexibility index (Phi) is 3.81. The third-order valence-corrected chi connectivity index (χ3v) is 4.49. The number of nitrogens with zero attached hydrogens (tertiary/aromatic N) is 1. The number of benzene rings is 1. The number of aryl methyl sites for hydroxylation is 2. The molecular weight excluding hydrogens is 248 g/mol. The first kappa shape index (κ1) is 13.7. The Morgan fingerprint density at radius 3 is 2.70 bits per heavy atom. The van der Waals surface area contributed by atoms with Gasteiger partial charge in [0.05, 0.1) is 6.10 Å². The van der Waals surface area contributed by atoms with Crippen molar-refractivity contribution in [1.29, 1.82) is 0 Å². The number of fused-ring (bicyclic) bond motifs is 1. The second kappa shape index (κ2) is 5.58. The molecule has 0 aliphatic carbocycles. The van der Waals surface area contributed by atoms with E-state index in [-0.39, 0.29) is 0 Å². The zero-order valence-electron chi connectivity index (χ0n) is 12.4. The van der Waals surface area contributed by atoms with Crippen LogP contribution in [0.5, 0.6) is 0 Å². The van der Waals surface area contributed by atoms with Crippen LogP contribution < -0.4 is 0 Å². The maximum atomic E-state index is 10.7. The summed E-state index contributed by atoms with van der Waals surface area (Å²) in [5.41, 5.74) is 4.58. The van der Waals surface area contributed by atoms with Crippen molar-refractivity contribution < 1.29 is 5.11 Å². The Bertz CT molecular complexity index is 596. The second-order valence-electron chi connectivity index (χ2n) is 6.04. The van der Waals surface area contributed by atoms with Gasteiger partial charge in [0, 0.05) is 28.7 Å². The minimum Gasteiger partial charge on any atom is -0.387 e. The molecule has 1 aliphatic rings. The fourth-order valence-electron chi connectivity index (χ4n) is 3.42. The zero-order chi connectivity index (χ0) is 14.1. The fraction of sp³-hybridized carbons (Fsp3) is 0.529. The van der Waals surface area contributed by atoms with E-state index in [0.29, 0.717) is 0 Å². The van der Waals surface area contributed by atoms with Crippen LogP contribution in [0.3, 0.4) is 0 Å². The summed E-state index contributed by atoms with van der Waals surface area (Å²) in [5, 5.41) is 11.8. The van der Waals surface area contributed by atoms with E-state index in [1.54, 1.807) is 0 Å². The van der Waals surface area contributed by atoms with E-state index in [1.165, 1.54) is 30.2 Å². The number of H-pyrrole nitrogens is 1. The Labute approximate surface area is 120 Å². The molecule has 1 aromatic carbocycles. The number of nitrogens with one attached hydrogen (secondary N) is 1. The Morgan fingerprint density at radius 1 is 1.20 bits per heavy atom. The maximum Gasteiger partial charge on any atom is 0.0940 e. The SMILES string of the molecule is Cc1[nH]c2c(C)cccc2c1[C@H](O)CN1CCCCC1. The first-order valence-electron chi connectivity index (χ1n) is 7.65. The lowest BCUT2D eigenvalue weighted by Crippen LogP contribution is -2.33. The summed E-state index contributed by atoms with van der Waals surface area (Å²) < 4.78 is 0. The number of aromatic amines is 1. The molecule has 0 unspecified atom stereocenters. The molecule has 1 saturated heterocycles. The van der Waals surface area contributed by atoms with Crippen molar-refractivity contribution >= 4 is 10.9 Å². The van der Waals surface area contributed by atoms with Gasteiger partial charge in [-0.3, -0.25) is 0 Å². The number of hydrogen-bond donors (Lipinski definition) is 2. The first-order chi connectivity index (χ1) is 9.66. The summed E-state index contributed by atoms with van der Waals surface area (Å²) in [4.78, 5) is 5.83. The summed E-state index contributed by atoms with van der Waals surface area (Å²) in [6.07, 6.45) is 3.46. The van der Waals surface area contributed by atoms with E-state index in [2.05, 4.69) is 41.9 Å². The molecule has 0 radical (unpaired) electrons. The van der Waals surface area contributed by atoms with Crippen LogP contribution in [0.4, 0.5) is 0 Å². The predicted octanol–water partition coefficient (Wildman–Crippen LogP) is 3.30. The van der Waals surface area contributed by atoms with Gasteiger partial charge in [0.2, 0.25) is 0 Å². The van der Waals surface area contributed by atoms with Crippen LogP contribution >= 0.6 is 0 Å². The van der Waals surface area contributed by atoms with E-state index < -0.39 is 6.10 Å². The molecule has 1 aliphatic heterocycles. The van der Waals surface area contributed by atoms with E-state index in [9.17, 15) is 5.11 Å². The number of aliphatic hydroxyl groups excluding tert-OH is 1. The molecule has 2 aromatic rings. The maximum absolute atomic E-state index is 10.7. The van der Waals surface area contributed by atoms with Crippen molar-refractivity contribution in [2.45, 2.75) is 39.2 Å². The normalized spacial score (nSPS) is 18.6. The van der Waals surface area contributed by atoms with Gasteiger partial charge in [-0.1, -0.05) is 24.6 Å². The molecule has 3 rings (SSSR count). The molecule has 2 N–H and O–H groups in total. The molecule has 1 aromatic heterocycles. The number of aromatic nitrogens is 1. The van der Waals surface area contributed by atoms with Gasteiger partial charge in [-0.25, -0.2) is 0 Å². The van der Waals surface area contributed by atoms with Crippen LogP contribution in [-0.4, -0.2) is 34.6 Å². The third-order valence-electron chi connectivity index (χ3n) is 4.49. The lowest BCUT2D eigenvalue weighted by atomic mass is 10.0. The highest BCUT2D eigenvalue weighted by Gasteiger charge is 2.21. The molecule has 3 heteroatoms. The quantitative estimate of drug-likeness (QED) is 0.900. The van der Waals surface area contributed by atoms with Gasteiger partial charge in [-0.15, -0.1) is 0 Å². The Morgan fingerprint density at radius 2 is 1.95 bits per heavy atom. The second-order valence-corrected chi connectivity index (χ2v) is 6.04. The van der Waals surface area contributed by atoms with Crippen LogP contribution in [0, 0.1) is 13.8 Å². The molecule has 0 bridgehead atoms. The van der Waals surface area contributed by atoms with Crippen LogP contribution in [-0.2, 0) is 0 Å². The molecule has 1 atom stereocenters. The number of likely N-dealkylation sites (tertiary alicyclic amines) is 1. The first-order valence-corrected chi connectivity index (χ1v) is 7.65. The van der Waals surface area contributed by atoms with Crippen LogP contribution in [0.15, 0.2) is 18.2 Å². The Balaban J connectivity index is 1.88. The van der Waals surface area contributed by atoms with Gasteiger partial charge in [0.15, 0.2) is 0 Å². The minimum atomic E-state index is -0.399. The van der Waals surface area contributed by atoms with Gasteiger partial charge < -0.3 is 15.0 Å². The van der Waals surface area contributed by atoms with E-state index in [1.807, 2.05) is 0 Å². The molecule has 1 fully saturated rings. The standard InChI is InChI=1S/C17H24N2O/c1-12-7-6-8-14-16(13(2)18-17(12)14)15(20)11-19-9-4-3-5-10-19/h6-8,15,18,20H,3-5,9-11H2,1-2H3/t15-/m1/s1. The summed E-state index contributed by atoms with van der Waals surface area (Å²) in [5.74, 6) is 0. The van der Waals surface area contributed by atoms with E-state index >= 15 is 0 Å². The molecule has 3 nitrogen and oxygen atoms in total. The molecule has 0 saturated carbocycles. The molecule has 2 heterocycles. The molecule has 0 spiro atoms. The van der Waals surface area contributed by atoms with E-state index in [0.717, 1.165) is 36.4 Å². The Hall–Kier alpha value is -1.32. The molecule has 108 valence electrons. The summed E-state index contributed by atoms with van der Waals surface area (Å²) in [7, 11) is 0. The minimum absolute atomic E-state index is 0.399. The molecule has 0 amide bonds. The zero-order valence-corrected chi connectivity index (χ0v) is 12.4. The monoisotopic (exact) mass is 272 g/mol. The number of hydrogen-bond acceptors (Lipinski definition) is 2. The van der Waals surface area contributed by atoms with Gasteiger partial charge in [0.1, 0.15) is 0 Å².